The maximum Gasteiger partial charge on any atom is 0.164 e. The second-order valence-corrected chi connectivity index (χ2v) is 14.4. The molecule has 0 aliphatic heterocycles. The molecule has 4 nitrogen and oxygen atoms in total. The molecule has 0 spiro atoms. The molecule has 9 aromatic carbocycles. The molecule has 0 bridgehead atoms. The average Bonchev–Trinajstić information content (AvgIpc) is 3.67. The Bertz CT molecular complexity index is 3280. The Balaban J connectivity index is 1.00. The van der Waals surface area contributed by atoms with E-state index in [1.807, 2.05) is 30.3 Å². The van der Waals surface area contributed by atoms with Crippen LogP contribution in [-0.2, 0) is 0 Å². The Morgan fingerprint density at radius 2 is 0.702 bits per heavy atom. The molecule has 0 radical (unpaired) electrons. The zero-order valence-electron chi connectivity index (χ0n) is 30.8. The van der Waals surface area contributed by atoms with Crippen LogP contribution in [0.1, 0.15) is 0 Å². The largest absolute Gasteiger partial charge is 0.456 e. The van der Waals surface area contributed by atoms with Gasteiger partial charge in [-0.05, 0) is 85.3 Å². The van der Waals surface area contributed by atoms with Gasteiger partial charge in [0.15, 0.2) is 17.5 Å². The van der Waals surface area contributed by atoms with Crippen molar-refractivity contribution in [2.75, 3.05) is 0 Å². The third-order valence-corrected chi connectivity index (χ3v) is 11.0. The van der Waals surface area contributed by atoms with Crippen molar-refractivity contribution in [3.05, 3.63) is 200 Å². The normalized spacial score (nSPS) is 11.5. The van der Waals surface area contributed by atoms with Gasteiger partial charge in [0.25, 0.3) is 0 Å². The summed E-state index contributed by atoms with van der Waals surface area (Å²) in [5.41, 5.74) is 11.4. The van der Waals surface area contributed by atoms with Crippen molar-refractivity contribution in [3.8, 4) is 67.5 Å². The first-order chi connectivity index (χ1) is 28.2. The second-order valence-electron chi connectivity index (χ2n) is 14.4. The van der Waals surface area contributed by atoms with E-state index in [-0.39, 0.29) is 0 Å². The first-order valence-corrected chi connectivity index (χ1v) is 19.2. The van der Waals surface area contributed by atoms with E-state index < -0.39 is 0 Å². The lowest BCUT2D eigenvalue weighted by atomic mass is 9.96. The van der Waals surface area contributed by atoms with Crippen molar-refractivity contribution in [2.24, 2.45) is 0 Å². The van der Waals surface area contributed by atoms with E-state index >= 15 is 0 Å². The number of furan rings is 1. The Hall–Kier alpha value is -7.69. The highest BCUT2D eigenvalue weighted by atomic mass is 16.3. The number of rotatable bonds is 6. The summed E-state index contributed by atoms with van der Waals surface area (Å²) in [6.45, 7) is 0. The van der Waals surface area contributed by atoms with Gasteiger partial charge in [-0.15, -0.1) is 0 Å². The summed E-state index contributed by atoms with van der Waals surface area (Å²) >= 11 is 0. The fourth-order valence-electron chi connectivity index (χ4n) is 8.06. The third-order valence-electron chi connectivity index (χ3n) is 11.0. The van der Waals surface area contributed by atoms with Crippen molar-refractivity contribution in [1.29, 1.82) is 0 Å². The number of hydrogen-bond donors (Lipinski definition) is 0. The number of aromatic nitrogens is 3. The second kappa shape index (κ2) is 13.6. The summed E-state index contributed by atoms with van der Waals surface area (Å²) in [7, 11) is 0. The highest BCUT2D eigenvalue weighted by Gasteiger charge is 2.16. The summed E-state index contributed by atoms with van der Waals surface area (Å²) in [6.07, 6.45) is 0. The minimum Gasteiger partial charge on any atom is -0.456 e. The van der Waals surface area contributed by atoms with Crippen LogP contribution in [0.4, 0.5) is 0 Å². The molecule has 57 heavy (non-hydrogen) atoms. The zero-order chi connectivity index (χ0) is 37.7. The molecule has 0 saturated heterocycles. The lowest BCUT2D eigenvalue weighted by Gasteiger charge is -2.11. The van der Waals surface area contributed by atoms with Crippen LogP contribution in [0.3, 0.4) is 0 Å². The van der Waals surface area contributed by atoms with Gasteiger partial charge in [0, 0.05) is 27.5 Å². The summed E-state index contributed by atoms with van der Waals surface area (Å²) in [5, 5.41) is 7.02. The van der Waals surface area contributed by atoms with Crippen LogP contribution < -0.4 is 0 Å². The van der Waals surface area contributed by atoms with Gasteiger partial charge in [-0.1, -0.05) is 170 Å². The highest BCUT2D eigenvalue weighted by Crippen LogP contribution is 2.36. The van der Waals surface area contributed by atoms with Crippen LogP contribution in [0.2, 0.25) is 0 Å². The summed E-state index contributed by atoms with van der Waals surface area (Å²) in [4.78, 5) is 15.4. The quantitative estimate of drug-likeness (QED) is 0.171. The van der Waals surface area contributed by atoms with Gasteiger partial charge in [-0.3, -0.25) is 0 Å². The molecule has 4 heteroatoms. The van der Waals surface area contributed by atoms with Crippen molar-refractivity contribution >= 4 is 43.5 Å². The van der Waals surface area contributed by atoms with Gasteiger partial charge in [-0.2, -0.15) is 0 Å². The Labute approximate surface area is 329 Å². The Morgan fingerprint density at radius 1 is 0.263 bits per heavy atom. The molecule has 2 heterocycles. The number of fused-ring (bicyclic) bond motifs is 5. The SMILES string of the molecule is c1cc(-c2ccc(-c3cccc4ccccc34)cc2)cc(-c2nc(-c3ccc(-c4cccc5ccccc45)cc3)nc(-c3ccc4oc5ccccc5c4c3)n2)c1. The molecule has 11 aromatic rings. The van der Waals surface area contributed by atoms with Crippen molar-refractivity contribution in [3.63, 3.8) is 0 Å². The molecule has 2 aromatic heterocycles. The lowest BCUT2D eigenvalue weighted by Crippen LogP contribution is -2.00. The predicted octanol–water partition coefficient (Wildman–Crippen LogP) is 14.1. The molecule has 0 atom stereocenters. The highest BCUT2D eigenvalue weighted by molar-refractivity contribution is 6.06. The molecule has 11 rings (SSSR count). The minimum absolute atomic E-state index is 0.602. The number of nitrogens with zero attached hydrogens (tertiary/aromatic N) is 3. The van der Waals surface area contributed by atoms with E-state index in [0.717, 1.165) is 55.3 Å². The van der Waals surface area contributed by atoms with Gasteiger partial charge in [-0.25, -0.2) is 15.0 Å². The zero-order valence-corrected chi connectivity index (χ0v) is 30.8. The monoisotopic (exact) mass is 727 g/mol. The molecule has 0 aliphatic rings. The summed E-state index contributed by atoms with van der Waals surface area (Å²) in [5.74, 6) is 1.83. The smallest absolute Gasteiger partial charge is 0.164 e. The summed E-state index contributed by atoms with van der Waals surface area (Å²) in [6, 6.07) is 70.1. The first-order valence-electron chi connectivity index (χ1n) is 19.2. The molecule has 0 saturated carbocycles. The molecular formula is C53H33N3O. The van der Waals surface area contributed by atoms with Crippen molar-refractivity contribution in [2.45, 2.75) is 0 Å². The van der Waals surface area contributed by atoms with Crippen LogP contribution >= 0.6 is 0 Å². The maximum atomic E-state index is 6.16. The van der Waals surface area contributed by atoms with Gasteiger partial charge in [0.2, 0.25) is 0 Å². The van der Waals surface area contributed by atoms with Crippen molar-refractivity contribution < 1.29 is 4.42 Å². The lowest BCUT2D eigenvalue weighted by molar-refractivity contribution is 0.669. The molecular weight excluding hydrogens is 695 g/mol. The van der Waals surface area contributed by atoms with Crippen LogP contribution in [-0.4, -0.2) is 15.0 Å². The van der Waals surface area contributed by atoms with Gasteiger partial charge in [0.1, 0.15) is 11.2 Å². The van der Waals surface area contributed by atoms with Crippen LogP contribution in [0.15, 0.2) is 205 Å². The molecule has 0 N–H and O–H groups in total. The number of benzene rings is 9. The van der Waals surface area contributed by atoms with Gasteiger partial charge < -0.3 is 4.42 Å². The van der Waals surface area contributed by atoms with Gasteiger partial charge >= 0.3 is 0 Å². The fourth-order valence-corrected chi connectivity index (χ4v) is 8.06. The predicted molar refractivity (Wildman–Crippen MR) is 235 cm³/mol. The van der Waals surface area contributed by atoms with Crippen molar-refractivity contribution in [1.82, 2.24) is 15.0 Å². The molecule has 0 aliphatic carbocycles. The number of hydrogen-bond acceptors (Lipinski definition) is 4. The Kier molecular flexibility index (Phi) is 7.78. The average molecular weight is 728 g/mol. The van der Waals surface area contributed by atoms with Crippen LogP contribution in [0, 0.1) is 0 Å². The molecule has 266 valence electrons. The Morgan fingerprint density at radius 3 is 1.35 bits per heavy atom. The fraction of sp³-hybridized carbons (Fsp3) is 0. The van der Waals surface area contributed by atoms with Gasteiger partial charge in [0.05, 0.1) is 0 Å². The van der Waals surface area contributed by atoms with E-state index in [4.69, 9.17) is 19.4 Å². The third kappa shape index (κ3) is 5.92. The number of para-hydroxylation sites is 1. The standard InChI is InChI=1S/C53H33N3O/c1-3-16-43-35(10-1)12-8-19-45(43)37-24-22-34(23-25-37)40-14-7-15-41(32-40)52-54-51(39-28-26-38(27-29-39)46-20-9-13-36-11-2-4-17-44(36)46)55-53(56-52)42-30-31-50-48(33-42)47-18-5-6-21-49(47)57-50/h1-33H. The van der Waals surface area contributed by atoms with E-state index in [9.17, 15) is 0 Å². The van der Waals surface area contributed by atoms with E-state index in [2.05, 4.69) is 170 Å². The first kappa shape index (κ1) is 32.7. The minimum atomic E-state index is 0.602. The van der Waals surface area contributed by atoms with E-state index in [1.54, 1.807) is 0 Å². The van der Waals surface area contributed by atoms with Crippen LogP contribution in [0.25, 0.3) is 111 Å². The maximum absolute atomic E-state index is 6.16. The molecule has 0 amide bonds. The van der Waals surface area contributed by atoms with Crippen LogP contribution in [0.5, 0.6) is 0 Å². The summed E-state index contributed by atoms with van der Waals surface area (Å²) < 4.78 is 6.16. The molecule has 0 fully saturated rings. The molecule has 0 unspecified atom stereocenters. The van der Waals surface area contributed by atoms with E-state index in [0.29, 0.717) is 17.5 Å². The van der Waals surface area contributed by atoms with E-state index in [1.165, 1.54) is 38.2 Å². The topological polar surface area (TPSA) is 51.8 Å².